The summed E-state index contributed by atoms with van der Waals surface area (Å²) in [5.74, 6) is 0.296. The van der Waals surface area contributed by atoms with Crippen molar-refractivity contribution in [3.05, 3.63) is 35.3 Å². The van der Waals surface area contributed by atoms with Crippen molar-refractivity contribution in [3.8, 4) is 0 Å². The van der Waals surface area contributed by atoms with Crippen LogP contribution >= 0.6 is 0 Å². The van der Waals surface area contributed by atoms with Gasteiger partial charge < -0.3 is 9.88 Å². The molecule has 0 aliphatic carbocycles. The summed E-state index contributed by atoms with van der Waals surface area (Å²) in [6, 6.07) is 5.88. The monoisotopic (exact) mass is 274 g/mol. The van der Waals surface area contributed by atoms with Crippen LogP contribution in [0.25, 0.3) is 10.9 Å². The summed E-state index contributed by atoms with van der Waals surface area (Å²) in [5, 5.41) is 0.802. The molecule has 3 heteroatoms. The molecule has 2 nitrogen and oxygen atoms in total. The zero-order chi connectivity index (χ0) is 14.3. The van der Waals surface area contributed by atoms with Crippen molar-refractivity contribution in [3.63, 3.8) is 0 Å². The van der Waals surface area contributed by atoms with E-state index in [-0.39, 0.29) is 5.82 Å². The second-order valence-electron chi connectivity index (χ2n) is 6.32. The van der Waals surface area contributed by atoms with Gasteiger partial charge in [-0.25, -0.2) is 4.39 Å². The van der Waals surface area contributed by atoms with E-state index in [1.165, 1.54) is 24.1 Å². The van der Waals surface area contributed by atoms with Crippen LogP contribution in [0.5, 0.6) is 0 Å². The first-order chi connectivity index (χ1) is 9.58. The lowest BCUT2D eigenvalue weighted by Crippen LogP contribution is -2.27. The molecule has 0 radical (unpaired) electrons. The fraction of sp³-hybridized carbons (Fsp3) is 0.529. The number of hydrogen-bond donors (Lipinski definition) is 1. The van der Waals surface area contributed by atoms with Crippen LogP contribution in [0.4, 0.5) is 4.39 Å². The number of aromatic nitrogens is 1. The maximum atomic E-state index is 14.3. The number of benzene rings is 1. The Morgan fingerprint density at radius 2 is 2.20 bits per heavy atom. The van der Waals surface area contributed by atoms with Crippen LogP contribution in [-0.2, 0) is 6.42 Å². The van der Waals surface area contributed by atoms with Gasteiger partial charge in [0.15, 0.2) is 0 Å². The van der Waals surface area contributed by atoms with Gasteiger partial charge in [0.2, 0.25) is 0 Å². The maximum Gasteiger partial charge on any atom is 0.132 e. The molecule has 20 heavy (non-hydrogen) atoms. The van der Waals surface area contributed by atoms with Gasteiger partial charge in [-0.3, -0.25) is 0 Å². The lowest BCUT2D eigenvalue weighted by atomic mass is 9.96. The van der Waals surface area contributed by atoms with Crippen molar-refractivity contribution in [1.29, 1.82) is 0 Å². The molecule has 1 saturated heterocycles. The highest BCUT2D eigenvalue weighted by Crippen LogP contribution is 2.32. The Morgan fingerprint density at radius 1 is 1.40 bits per heavy atom. The molecule has 1 aromatic heterocycles. The third kappa shape index (κ3) is 2.24. The average Bonchev–Trinajstić information content (AvgIpc) is 2.96. The Balaban J connectivity index is 2.08. The molecule has 3 rings (SSSR count). The molecule has 0 unspecified atom stereocenters. The molecule has 1 aromatic carbocycles. The first-order valence-corrected chi connectivity index (χ1v) is 7.57. The number of rotatable bonds is 3. The van der Waals surface area contributed by atoms with E-state index in [2.05, 4.69) is 30.8 Å². The first-order valence-electron chi connectivity index (χ1n) is 7.57. The fourth-order valence-corrected chi connectivity index (χ4v) is 3.47. The van der Waals surface area contributed by atoms with Crippen molar-refractivity contribution in [2.24, 2.45) is 0 Å². The van der Waals surface area contributed by atoms with E-state index in [4.69, 9.17) is 0 Å². The molecule has 1 N–H and O–H groups in total. The van der Waals surface area contributed by atoms with Gasteiger partial charge >= 0.3 is 0 Å². The first kappa shape index (κ1) is 13.6. The number of H-pyrrole nitrogens is 1. The summed E-state index contributed by atoms with van der Waals surface area (Å²) >= 11 is 0. The predicted octanol–water partition coefficient (Wildman–Crippen LogP) is 4.07. The number of halogens is 1. The van der Waals surface area contributed by atoms with E-state index in [1.54, 1.807) is 12.1 Å². The molecule has 1 fully saturated rings. The molecular formula is C17H23FN2. The van der Waals surface area contributed by atoms with Gasteiger partial charge in [0.25, 0.3) is 0 Å². The summed E-state index contributed by atoms with van der Waals surface area (Å²) in [5.41, 5.74) is 3.32. The Labute approximate surface area is 120 Å². The lowest BCUT2D eigenvalue weighted by molar-refractivity contribution is 0.309. The maximum absolute atomic E-state index is 14.3. The average molecular weight is 274 g/mol. The van der Waals surface area contributed by atoms with E-state index in [1.807, 2.05) is 6.07 Å². The van der Waals surface area contributed by atoms with Crippen molar-refractivity contribution in [2.75, 3.05) is 13.6 Å². The molecule has 0 amide bonds. The van der Waals surface area contributed by atoms with Gasteiger partial charge in [-0.05, 0) is 56.5 Å². The van der Waals surface area contributed by atoms with Gasteiger partial charge in [0, 0.05) is 22.6 Å². The standard InChI is InChI=1S/C17H23FN2/c1-11(2)17-13(10-12-6-5-9-20(12)3)16-14(18)7-4-8-15(16)19-17/h4,7-8,11-12,19H,5-6,9-10H2,1-3H3/t12-/m1/s1. The number of fused-ring (bicyclic) bond motifs is 1. The van der Waals surface area contributed by atoms with Gasteiger partial charge in [-0.1, -0.05) is 19.9 Å². The summed E-state index contributed by atoms with van der Waals surface area (Å²) in [7, 11) is 2.18. The van der Waals surface area contributed by atoms with E-state index >= 15 is 0 Å². The number of likely N-dealkylation sites (tertiary alicyclic amines) is 1. The molecule has 2 heterocycles. The Morgan fingerprint density at radius 3 is 2.85 bits per heavy atom. The third-order valence-corrected chi connectivity index (χ3v) is 4.60. The minimum atomic E-state index is -0.0960. The number of hydrogen-bond acceptors (Lipinski definition) is 1. The predicted molar refractivity (Wildman–Crippen MR) is 81.7 cm³/mol. The lowest BCUT2D eigenvalue weighted by Gasteiger charge is -2.20. The van der Waals surface area contributed by atoms with Crippen molar-refractivity contribution in [2.45, 2.75) is 45.1 Å². The topological polar surface area (TPSA) is 19.0 Å². The van der Waals surface area contributed by atoms with Gasteiger partial charge in [0.1, 0.15) is 5.82 Å². The van der Waals surface area contributed by atoms with Gasteiger partial charge in [-0.15, -0.1) is 0 Å². The summed E-state index contributed by atoms with van der Waals surface area (Å²) < 4.78 is 14.3. The zero-order valence-electron chi connectivity index (χ0n) is 12.5. The second kappa shape index (κ2) is 5.21. The van der Waals surface area contributed by atoms with Gasteiger partial charge in [0.05, 0.1) is 0 Å². The Kier molecular flexibility index (Phi) is 3.55. The second-order valence-corrected chi connectivity index (χ2v) is 6.32. The SMILES string of the molecule is CC(C)c1[nH]c2cccc(F)c2c1C[C@H]1CCCN1C. The fourth-order valence-electron chi connectivity index (χ4n) is 3.47. The smallest absolute Gasteiger partial charge is 0.132 e. The summed E-state index contributed by atoms with van der Waals surface area (Å²) in [4.78, 5) is 5.84. The van der Waals surface area contributed by atoms with Crippen LogP contribution in [0.3, 0.4) is 0 Å². The van der Waals surface area contributed by atoms with Crippen LogP contribution in [0.2, 0.25) is 0 Å². The van der Waals surface area contributed by atoms with Crippen LogP contribution in [0.1, 0.15) is 43.9 Å². The molecule has 108 valence electrons. The van der Waals surface area contributed by atoms with Crippen LogP contribution in [0, 0.1) is 5.82 Å². The van der Waals surface area contributed by atoms with Crippen LogP contribution in [0.15, 0.2) is 18.2 Å². The highest BCUT2D eigenvalue weighted by Gasteiger charge is 2.25. The molecule has 2 aromatic rings. The highest BCUT2D eigenvalue weighted by molar-refractivity contribution is 5.85. The quantitative estimate of drug-likeness (QED) is 0.894. The summed E-state index contributed by atoms with van der Waals surface area (Å²) in [6.45, 7) is 5.50. The minimum absolute atomic E-state index is 0.0960. The van der Waals surface area contributed by atoms with E-state index in [9.17, 15) is 4.39 Å². The number of nitrogens with one attached hydrogen (secondary N) is 1. The minimum Gasteiger partial charge on any atom is -0.358 e. The van der Waals surface area contributed by atoms with Crippen molar-refractivity contribution in [1.82, 2.24) is 9.88 Å². The Bertz CT molecular complexity index is 615. The number of likely N-dealkylation sites (N-methyl/N-ethyl adjacent to an activating group) is 1. The van der Waals surface area contributed by atoms with E-state index in [0.717, 1.165) is 23.9 Å². The zero-order valence-corrected chi connectivity index (χ0v) is 12.5. The molecule has 1 atom stereocenters. The van der Waals surface area contributed by atoms with Crippen LogP contribution < -0.4 is 0 Å². The van der Waals surface area contributed by atoms with Crippen molar-refractivity contribution >= 4 is 10.9 Å². The number of nitrogens with zero attached hydrogens (tertiary/aromatic N) is 1. The largest absolute Gasteiger partial charge is 0.358 e. The van der Waals surface area contributed by atoms with Gasteiger partial charge in [-0.2, -0.15) is 0 Å². The summed E-state index contributed by atoms with van der Waals surface area (Å²) in [6.07, 6.45) is 3.42. The third-order valence-electron chi connectivity index (χ3n) is 4.60. The Hall–Kier alpha value is -1.35. The molecule has 0 spiro atoms. The molecule has 1 aliphatic heterocycles. The normalized spacial score (nSPS) is 20.4. The van der Waals surface area contributed by atoms with E-state index in [0.29, 0.717) is 12.0 Å². The van der Waals surface area contributed by atoms with Crippen molar-refractivity contribution < 1.29 is 4.39 Å². The molecule has 0 bridgehead atoms. The molecular weight excluding hydrogens is 251 g/mol. The van der Waals surface area contributed by atoms with E-state index < -0.39 is 0 Å². The number of aromatic amines is 1. The molecule has 0 saturated carbocycles. The highest BCUT2D eigenvalue weighted by atomic mass is 19.1. The van der Waals surface area contributed by atoms with Crippen LogP contribution in [-0.4, -0.2) is 29.5 Å². The molecule has 1 aliphatic rings.